The molecular formula is C30H30Cl4N10O4. The lowest BCUT2D eigenvalue weighted by Crippen LogP contribution is -2.20. The minimum absolute atomic E-state index is 0.0133. The molecule has 0 atom stereocenters. The number of anilines is 4. The van der Waals surface area contributed by atoms with Crippen LogP contribution in [-0.4, -0.2) is 42.4 Å². The number of rotatable bonds is 6. The predicted octanol–water partition coefficient (Wildman–Crippen LogP) is 4.51. The van der Waals surface area contributed by atoms with Crippen LogP contribution in [0.5, 0.6) is 0 Å². The number of carboxylic acids is 2. The molecule has 10 N–H and O–H groups in total. The van der Waals surface area contributed by atoms with E-state index in [0.29, 0.717) is 42.6 Å². The lowest BCUT2D eigenvalue weighted by molar-refractivity contribution is -0.347. The Balaban J connectivity index is 0.000000339. The zero-order valence-electron chi connectivity index (χ0n) is 25.3. The highest BCUT2D eigenvalue weighted by Gasteiger charge is 2.16. The van der Waals surface area contributed by atoms with E-state index in [0.717, 1.165) is 12.2 Å². The van der Waals surface area contributed by atoms with Crippen LogP contribution in [0.15, 0.2) is 85.0 Å². The Morgan fingerprint density at radius 3 is 1.71 bits per heavy atom. The van der Waals surface area contributed by atoms with Gasteiger partial charge in [-0.1, -0.05) is 112 Å². The third-order valence-corrected chi connectivity index (χ3v) is 6.64. The summed E-state index contributed by atoms with van der Waals surface area (Å²) in [6, 6.07) is 10.3. The number of nitrogens with one attached hydrogen (secondary N) is 1. The number of carbonyl (C=O) groups excluding carboxylic acids is 1. The fraction of sp³-hybridized carbons (Fsp3) is 0.0667. The van der Waals surface area contributed by atoms with Gasteiger partial charge in [-0.15, -0.1) is 10.2 Å². The number of aromatic nitrogens is 6. The maximum Gasteiger partial charge on any atom is 0.364 e. The van der Waals surface area contributed by atoms with Gasteiger partial charge in [0.05, 0.1) is 26.1 Å². The number of aromatic amines is 1. The van der Waals surface area contributed by atoms with E-state index >= 15 is 0 Å². The van der Waals surface area contributed by atoms with Crippen molar-refractivity contribution in [3.05, 3.63) is 105 Å². The number of halogens is 4. The number of H-pyrrole nitrogens is 1. The molecule has 252 valence electrons. The number of nitrogen functional groups attached to an aromatic ring is 4. The second kappa shape index (κ2) is 21.5. The number of carboxylic acid groups (broad SMARTS) is 2. The molecule has 0 unspecified atom stereocenters. The van der Waals surface area contributed by atoms with Crippen LogP contribution in [0.2, 0.25) is 20.1 Å². The average molecular weight is 736 g/mol. The van der Waals surface area contributed by atoms with Crippen LogP contribution in [0.25, 0.3) is 22.5 Å². The molecule has 0 amide bonds. The van der Waals surface area contributed by atoms with Crippen molar-refractivity contribution in [2.24, 2.45) is 0 Å². The molecule has 14 nitrogen and oxygen atoms in total. The third-order valence-electron chi connectivity index (χ3n) is 5.00. The highest BCUT2D eigenvalue weighted by molar-refractivity contribution is 6.44. The summed E-state index contributed by atoms with van der Waals surface area (Å²) in [5, 5.41) is 34.3. The number of aliphatic carboxylic acids is 2. The fourth-order valence-electron chi connectivity index (χ4n) is 2.99. The Morgan fingerprint density at radius 1 is 0.750 bits per heavy atom. The van der Waals surface area contributed by atoms with Crippen molar-refractivity contribution in [1.29, 1.82) is 0 Å². The first-order valence-corrected chi connectivity index (χ1v) is 14.7. The zero-order valence-corrected chi connectivity index (χ0v) is 28.3. The molecule has 0 radical (unpaired) electrons. The number of benzene rings is 2. The summed E-state index contributed by atoms with van der Waals surface area (Å²) in [5.41, 5.74) is 24.1. The summed E-state index contributed by atoms with van der Waals surface area (Å²) < 4.78 is 0. The highest BCUT2D eigenvalue weighted by Crippen LogP contribution is 2.34. The van der Waals surface area contributed by atoms with Crippen molar-refractivity contribution in [2.75, 3.05) is 22.9 Å². The van der Waals surface area contributed by atoms with E-state index < -0.39 is 11.9 Å². The van der Waals surface area contributed by atoms with Crippen LogP contribution in [0, 0.1) is 0 Å². The minimum Gasteiger partial charge on any atom is -0.545 e. The molecule has 0 aliphatic heterocycles. The molecule has 0 aliphatic rings. The van der Waals surface area contributed by atoms with E-state index in [1.165, 1.54) is 12.2 Å². The van der Waals surface area contributed by atoms with Gasteiger partial charge < -0.3 is 37.9 Å². The highest BCUT2D eigenvalue weighted by atomic mass is 35.5. The van der Waals surface area contributed by atoms with E-state index in [2.05, 4.69) is 30.4 Å². The Morgan fingerprint density at radius 2 is 1.25 bits per heavy atom. The zero-order chi connectivity index (χ0) is 36.2. The Labute approximate surface area is 295 Å². The summed E-state index contributed by atoms with van der Waals surface area (Å²) in [5.74, 6) is -1.47. The maximum atomic E-state index is 9.75. The quantitative estimate of drug-likeness (QED) is 0.135. The SMILES string of the molecule is C/C=C/C=C/C(=O)O.C/C=C/C=C/C(=O)[O-].Nc1nnc(-c2cccc(Cl)c2Cl)c(N)[nH+]1.Nc1nnc(-c2cccc(Cl)c2Cl)c(N)n1. The molecule has 4 aromatic rings. The second-order valence-electron chi connectivity index (χ2n) is 8.51. The molecule has 0 saturated carbocycles. The van der Waals surface area contributed by atoms with Crippen LogP contribution in [-0.2, 0) is 9.59 Å². The molecule has 0 saturated heterocycles. The molecule has 4 rings (SSSR count). The van der Waals surface area contributed by atoms with Crippen molar-refractivity contribution in [3.8, 4) is 22.5 Å². The monoisotopic (exact) mass is 734 g/mol. The van der Waals surface area contributed by atoms with Gasteiger partial charge in [0.15, 0.2) is 11.5 Å². The average Bonchev–Trinajstić information content (AvgIpc) is 3.02. The summed E-state index contributed by atoms with van der Waals surface area (Å²) in [6.45, 7) is 3.63. The van der Waals surface area contributed by atoms with E-state index in [4.69, 9.17) is 74.4 Å². The summed E-state index contributed by atoms with van der Waals surface area (Å²) >= 11 is 23.8. The van der Waals surface area contributed by atoms with Gasteiger partial charge in [0.1, 0.15) is 5.69 Å². The number of allylic oxidation sites excluding steroid dienone is 6. The first-order valence-electron chi connectivity index (χ1n) is 13.2. The van der Waals surface area contributed by atoms with Gasteiger partial charge in [0.2, 0.25) is 11.8 Å². The van der Waals surface area contributed by atoms with Gasteiger partial charge in [-0.25, -0.2) is 9.78 Å². The summed E-state index contributed by atoms with van der Waals surface area (Å²) in [7, 11) is 0. The van der Waals surface area contributed by atoms with Crippen LogP contribution < -0.4 is 33.0 Å². The van der Waals surface area contributed by atoms with E-state index in [-0.39, 0.29) is 23.5 Å². The fourth-order valence-corrected chi connectivity index (χ4v) is 3.77. The molecule has 0 fully saturated rings. The van der Waals surface area contributed by atoms with Crippen LogP contribution in [0.3, 0.4) is 0 Å². The number of nitrogens with zero attached hydrogens (tertiary/aromatic N) is 5. The first kappa shape index (κ1) is 40.7. The molecule has 0 bridgehead atoms. The number of hydrogen-bond acceptors (Lipinski definition) is 12. The number of hydrogen-bond donors (Lipinski definition) is 5. The van der Waals surface area contributed by atoms with E-state index in [1.54, 1.807) is 67.6 Å². The lowest BCUT2D eigenvalue weighted by atomic mass is 10.1. The predicted molar refractivity (Wildman–Crippen MR) is 188 cm³/mol. The molecule has 2 aromatic heterocycles. The maximum absolute atomic E-state index is 9.75. The number of nitrogens with two attached hydrogens (primary N) is 4. The van der Waals surface area contributed by atoms with Gasteiger partial charge in [-0.2, -0.15) is 4.98 Å². The van der Waals surface area contributed by atoms with Crippen molar-refractivity contribution in [3.63, 3.8) is 0 Å². The summed E-state index contributed by atoms with van der Waals surface area (Å²) in [6.07, 6.45) is 11.7. The lowest BCUT2D eigenvalue weighted by Gasteiger charge is -2.06. The second-order valence-corrected chi connectivity index (χ2v) is 10.1. The van der Waals surface area contributed by atoms with E-state index in [9.17, 15) is 14.7 Å². The van der Waals surface area contributed by atoms with Gasteiger partial charge >= 0.3 is 11.9 Å². The van der Waals surface area contributed by atoms with Crippen LogP contribution in [0.1, 0.15) is 13.8 Å². The van der Waals surface area contributed by atoms with Gasteiger partial charge in [-0.05, 0) is 32.1 Å². The third kappa shape index (κ3) is 14.4. The Bertz CT molecular complexity index is 1690. The number of carbonyl (C=O) groups is 2. The topological polar surface area (TPSA) is 260 Å². The molecular weight excluding hydrogens is 706 g/mol. The molecule has 0 aliphatic carbocycles. The van der Waals surface area contributed by atoms with Gasteiger partial charge in [0, 0.05) is 22.3 Å². The first-order chi connectivity index (χ1) is 22.7. The Kier molecular flexibility index (Phi) is 18.3. The summed E-state index contributed by atoms with van der Waals surface area (Å²) in [4.78, 5) is 25.9. The Hall–Kier alpha value is -5.28. The molecule has 48 heavy (non-hydrogen) atoms. The van der Waals surface area contributed by atoms with Crippen molar-refractivity contribution in [1.82, 2.24) is 25.4 Å². The van der Waals surface area contributed by atoms with Crippen LogP contribution in [0.4, 0.5) is 23.5 Å². The van der Waals surface area contributed by atoms with Crippen molar-refractivity contribution >= 4 is 81.9 Å². The molecule has 0 spiro atoms. The smallest absolute Gasteiger partial charge is 0.364 e. The largest absolute Gasteiger partial charge is 0.545 e. The van der Waals surface area contributed by atoms with Crippen molar-refractivity contribution in [2.45, 2.75) is 13.8 Å². The molecule has 2 aromatic carbocycles. The molecule has 18 heteroatoms. The standard InChI is InChI=1S/2C9H7Cl2N5.2C6H8O2/c2*10-5-3-1-2-4(6(5)11)7-8(12)14-9(13)16-15-7;2*1-2-3-4-5-6(7)8/h2*1-3H,(H4,12,13,14,16);2*2-5H,1H3,(H,7,8)/b;;2*3-2+,5-4+. The molecule has 2 heterocycles. The normalized spacial score (nSPS) is 10.6. The van der Waals surface area contributed by atoms with Gasteiger partial charge in [-0.3, -0.25) is 0 Å². The van der Waals surface area contributed by atoms with Gasteiger partial charge in [0.25, 0.3) is 0 Å². The van der Waals surface area contributed by atoms with Crippen LogP contribution >= 0.6 is 46.4 Å². The minimum atomic E-state index is -1.16. The van der Waals surface area contributed by atoms with Crippen molar-refractivity contribution < 1.29 is 24.8 Å². The van der Waals surface area contributed by atoms with E-state index in [1.807, 2.05) is 6.92 Å².